The SMILES string of the molecule is Cc1nc(-c2nc(Cl)cc(-c3cnn(C)c3)n2)co1. The molecule has 0 fully saturated rings. The summed E-state index contributed by atoms with van der Waals surface area (Å²) < 4.78 is 6.86. The van der Waals surface area contributed by atoms with Crippen molar-refractivity contribution in [1.29, 1.82) is 0 Å². The summed E-state index contributed by atoms with van der Waals surface area (Å²) in [5.74, 6) is 0.990. The second-order valence-electron chi connectivity index (χ2n) is 4.05. The average Bonchev–Trinajstić information content (AvgIpc) is 2.97. The van der Waals surface area contributed by atoms with E-state index in [4.69, 9.17) is 16.0 Å². The van der Waals surface area contributed by atoms with Gasteiger partial charge in [0.05, 0.1) is 11.9 Å². The Morgan fingerprint density at radius 3 is 2.68 bits per heavy atom. The van der Waals surface area contributed by atoms with Crippen molar-refractivity contribution < 1.29 is 4.42 Å². The molecule has 96 valence electrons. The molecule has 0 aliphatic heterocycles. The molecular formula is C12H10ClN5O. The van der Waals surface area contributed by atoms with Gasteiger partial charge in [-0.1, -0.05) is 11.6 Å². The zero-order chi connectivity index (χ0) is 13.4. The molecule has 0 aliphatic rings. The van der Waals surface area contributed by atoms with E-state index in [1.54, 1.807) is 23.9 Å². The van der Waals surface area contributed by atoms with E-state index in [0.717, 1.165) is 5.56 Å². The lowest BCUT2D eigenvalue weighted by atomic mass is 10.2. The van der Waals surface area contributed by atoms with E-state index >= 15 is 0 Å². The lowest BCUT2D eigenvalue weighted by Gasteiger charge is -2.00. The fourth-order valence-corrected chi connectivity index (χ4v) is 1.88. The van der Waals surface area contributed by atoms with Gasteiger partial charge in [0.15, 0.2) is 11.7 Å². The standard InChI is InChI=1S/C12H10ClN5O/c1-7-15-10(6-19-7)12-16-9(3-11(13)17-12)8-4-14-18(2)5-8/h3-6H,1-2H3. The summed E-state index contributed by atoms with van der Waals surface area (Å²) in [6, 6.07) is 1.69. The minimum Gasteiger partial charge on any atom is -0.449 e. The Morgan fingerprint density at radius 2 is 2.05 bits per heavy atom. The number of rotatable bonds is 2. The third kappa shape index (κ3) is 2.34. The molecular weight excluding hydrogens is 266 g/mol. The molecule has 0 amide bonds. The lowest BCUT2D eigenvalue weighted by Crippen LogP contribution is -1.93. The first-order valence-corrected chi connectivity index (χ1v) is 5.96. The quantitative estimate of drug-likeness (QED) is 0.672. The highest BCUT2D eigenvalue weighted by Crippen LogP contribution is 2.23. The van der Waals surface area contributed by atoms with Crippen LogP contribution in [-0.4, -0.2) is 24.7 Å². The molecule has 3 aromatic heterocycles. The van der Waals surface area contributed by atoms with E-state index in [-0.39, 0.29) is 0 Å². The van der Waals surface area contributed by atoms with E-state index < -0.39 is 0 Å². The Morgan fingerprint density at radius 1 is 1.21 bits per heavy atom. The van der Waals surface area contributed by atoms with Gasteiger partial charge >= 0.3 is 0 Å². The fourth-order valence-electron chi connectivity index (χ4n) is 1.70. The minimum absolute atomic E-state index is 0.351. The number of nitrogens with zero attached hydrogens (tertiary/aromatic N) is 5. The number of halogens is 1. The molecule has 3 rings (SSSR count). The van der Waals surface area contributed by atoms with Crippen LogP contribution in [0.1, 0.15) is 5.89 Å². The number of aromatic nitrogens is 5. The summed E-state index contributed by atoms with van der Waals surface area (Å²) in [6.45, 7) is 1.76. The second-order valence-corrected chi connectivity index (χ2v) is 4.44. The summed E-state index contributed by atoms with van der Waals surface area (Å²) >= 11 is 6.03. The monoisotopic (exact) mass is 275 g/mol. The zero-order valence-electron chi connectivity index (χ0n) is 10.3. The van der Waals surface area contributed by atoms with Crippen molar-refractivity contribution in [2.45, 2.75) is 6.92 Å². The Labute approximate surface area is 114 Å². The van der Waals surface area contributed by atoms with Crippen LogP contribution >= 0.6 is 11.6 Å². The number of oxazole rings is 1. The van der Waals surface area contributed by atoms with Crippen LogP contribution in [0.3, 0.4) is 0 Å². The van der Waals surface area contributed by atoms with E-state index in [9.17, 15) is 0 Å². The van der Waals surface area contributed by atoms with Gasteiger partial charge in [-0.15, -0.1) is 0 Å². The normalized spacial score (nSPS) is 10.9. The van der Waals surface area contributed by atoms with E-state index in [1.807, 2.05) is 13.2 Å². The summed E-state index contributed by atoms with van der Waals surface area (Å²) in [5.41, 5.74) is 2.13. The molecule has 0 N–H and O–H groups in total. The summed E-state index contributed by atoms with van der Waals surface area (Å²) in [4.78, 5) is 12.8. The Balaban J connectivity index is 2.10. The molecule has 0 saturated heterocycles. The molecule has 6 nitrogen and oxygen atoms in total. The highest BCUT2D eigenvalue weighted by Gasteiger charge is 2.11. The van der Waals surface area contributed by atoms with Crippen molar-refractivity contribution in [3.05, 3.63) is 35.8 Å². The van der Waals surface area contributed by atoms with Crippen LogP contribution < -0.4 is 0 Å². The highest BCUT2D eigenvalue weighted by molar-refractivity contribution is 6.29. The maximum atomic E-state index is 6.03. The van der Waals surface area contributed by atoms with Crippen LogP contribution in [0.2, 0.25) is 5.15 Å². The Bertz CT molecular complexity index is 675. The number of hydrogen-bond acceptors (Lipinski definition) is 5. The molecule has 0 aromatic carbocycles. The molecule has 0 radical (unpaired) electrons. The van der Waals surface area contributed by atoms with Crippen molar-refractivity contribution in [3.8, 4) is 22.8 Å². The zero-order valence-corrected chi connectivity index (χ0v) is 11.1. The van der Waals surface area contributed by atoms with Crippen molar-refractivity contribution in [1.82, 2.24) is 24.7 Å². The number of aryl methyl sites for hydroxylation is 2. The fraction of sp³-hybridized carbons (Fsp3) is 0.167. The molecule has 0 unspecified atom stereocenters. The van der Waals surface area contributed by atoms with Crippen LogP contribution in [0.15, 0.2) is 29.1 Å². The molecule has 0 saturated carbocycles. The van der Waals surface area contributed by atoms with Crippen LogP contribution in [0.4, 0.5) is 0 Å². The smallest absolute Gasteiger partial charge is 0.191 e. The van der Waals surface area contributed by atoms with Crippen molar-refractivity contribution in [3.63, 3.8) is 0 Å². The minimum atomic E-state index is 0.351. The topological polar surface area (TPSA) is 69.6 Å². The molecule has 3 aromatic rings. The summed E-state index contributed by atoms with van der Waals surface area (Å²) in [6.07, 6.45) is 5.08. The van der Waals surface area contributed by atoms with Gasteiger partial charge in [-0.05, 0) is 0 Å². The van der Waals surface area contributed by atoms with Crippen molar-refractivity contribution in [2.24, 2.45) is 7.05 Å². The Hall–Kier alpha value is -2.21. The van der Waals surface area contributed by atoms with Crippen LogP contribution in [-0.2, 0) is 7.05 Å². The van der Waals surface area contributed by atoms with Gasteiger partial charge < -0.3 is 4.42 Å². The van der Waals surface area contributed by atoms with Gasteiger partial charge in [0.2, 0.25) is 0 Å². The van der Waals surface area contributed by atoms with E-state index in [2.05, 4.69) is 20.1 Å². The first kappa shape index (κ1) is 11.9. The molecule has 0 atom stereocenters. The third-order valence-corrected chi connectivity index (χ3v) is 2.74. The maximum Gasteiger partial charge on any atom is 0.191 e. The van der Waals surface area contributed by atoms with Gasteiger partial charge in [-0.25, -0.2) is 15.0 Å². The van der Waals surface area contributed by atoms with Gasteiger partial charge in [-0.3, -0.25) is 4.68 Å². The largest absolute Gasteiger partial charge is 0.449 e. The van der Waals surface area contributed by atoms with Crippen molar-refractivity contribution >= 4 is 11.6 Å². The van der Waals surface area contributed by atoms with E-state index in [1.165, 1.54) is 6.26 Å². The molecule has 0 aliphatic carbocycles. The predicted octanol–water partition coefficient (Wildman–Crippen LogP) is 2.49. The first-order chi connectivity index (χ1) is 9.11. The van der Waals surface area contributed by atoms with Gasteiger partial charge in [0.1, 0.15) is 17.1 Å². The summed E-state index contributed by atoms with van der Waals surface area (Å²) in [5, 5.41) is 4.46. The second kappa shape index (κ2) is 4.47. The van der Waals surface area contributed by atoms with Gasteiger partial charge in [-0.2, -0.15) is 5.10 Å². The first-order valence-electron chi connectivity index (χ1n) is 5.58. The number of hydrogen-bond donors (Lipinski definition) is 0. The molecule has 7 heteroatoms. The molecule has 0 spiro atoms. The predicted molar refractivity (Wildman–Crippen MR) is 69.5 cm³/mol. The molecule has 0 bridgehead atoms. The van der Waals surface area contributed by atoms with Gasteiger partial charge in [0, 0.05) is 31.8 Å². The molecule has 3 heterocycles. The maximum absolute atomic E-state index is 6.03. The highest BCUT2D eigenvalue weighted by atomic mass is 35.5. The Kier molecular flexibility index (Phi) is 2.79. The van der Waals surface area contributed by atoms with E-state index in [0.29, 0.717) is 28.3 Å². The van der Waals surface area contributed by atoms with Crippen molar-refractivity contribution in [2.75, 3.05) is 0 Å². The average molecular weight is 276 g/mol. The lowest BCUT2D eigenvalue weighted by molar-refractivity contribution is 0.521. The van der Waals surface area contributed by atoms with Crippen LogP contribution in [0, 0.1) is 6.92 Å². The molecule has 19 heavy (non-hydrogen) atoms. The van der Waals surface area contributed by atoms with Gasteiger partial charge in [0.25, 0.3) is 0 Å². The third-order valence-electron chi connectivity index (χ3n) is 2.54. The summed E-state index contributed by atoms with van der Waals surface area (Å²) in [7, 11) is 1.84. The van der Waals surface area contributed by atoms with Crippen LogP contribution in [0.25, 0.3) is 22.8 Å². The van der Waals surface area contributed by atoms with Crippen LogP contribution in [0.5, 0.6) is 0 Å².